The Bertz CT molecular complexity index is 291. The Morgan fingerprint density at radius 3 is 1.64 bits per heavy atom. The average molecular weight is 305 g/mol. The SMILES string of the molecule is CC1CCCCC1.CCCCCCC.CCc1ccccc1. The van der Waals surface area contributed by atoms with Crippen molar-refractivity contribution in [3.05, 3.63) is 35.9 Å². The fourth-order valence-corrected chi connectivity index (χ4v) is 2.70. The van der Waals surface area contributed by atoms with Crippen molar-refractivity contribution in [1.29, 1.82) is 0 Å². The molecule has 1 aliphatic carbocycles. The fourth-order valence-electron chi connectivity index (χ4n) is 2.70. The Kier molecular flexibility index (Phi) is 16.0. The van der Waals surface area contributed by atoms with Gasteiger partial charge in [0.05, 0.1) is 0 Å². The van der Waals surface area contributed by atoms with E-state index in [2.05, 4.69) is 52.0 Å². The number of aryl methyl sites for hydroxylation is 1. The van der Waals surface area contributed by atoms with Gasteiger partial charge in [-0.05, 0) is 17.9 Å². The van der Waals surface area contributed by atoms with Crippen molar-refractivity contribution in [3.63, 3.8) is 0 Å². The van der Waals surface area contributed by atoms with Crippen LogP contribution in [0.5, 0.6) is 0 Å². The van der Waals surface area contributed by atoms with Crippen LogP contribution in [0.25, 0.3) is 0 Å². The molecule has 0 spiro atoms. The number of hydrogen-bond acceptors (Lipinski definition) is 0. The molecule has 1 fully saturated rings. The van der Waals surface area contributed by atoms with Crippen LogP contribution in [-0.2, 0) is 6.42 Å². The average Bonchev–Trinajstić information content (AvgIpc) is 2.58. The van der Waals surface area contributed by atoms with Gasteiger partial charge in [0.2, 0.25) is 0 Å². The Balaban J connectivity index is 0.000000302. The van der Waals surface area contributed by atoms with Gasteiger partial charge in [0.25, 0.3) is 0 Å². The number of unbranched alkanes of at least 4 members (excludes halogenated alkanes) is 4. The second kappa shape index (κ2) is 16.6. The highest BCUT2D eigenvalue weighted by Gasteiger charge is 2.05. The van der Waals surface area contributed by atoms with E-state index in [9.17, 15) is 0 Å². The lowest BCUT2D eigenvalue weighted by atomic mass is 9.91. The van der Waals surface area contributed by atoms with Gasteiger partial charge in [-0.25, -0.2) is 0 Å². The summed E-state index contributed by atoms with van der Waals surface area (Å²) in [5, 5.41) is 0. The zero-order valence-electron chi connectivity index (χ0n) is 15.7. The Hall–Kier alpha value is -0.780. The normalized spacial score (nSPS) is 14.4. The smallest absolute Gasteiger partial charge is 0.0307 e. The van der Waals surface area contributed by atoms with Gasteiger partial charge in [-0.1, -0.05) is 122 Å². The molecule has 22 heavy (non-hydrogen) atoms. The van der Waals surface area contributed by atoms with Crippen molar-refractivity contribution in [1.82, 2.24) is 0 Å². The van der Waals surface area contributed by atoms with Crippen molar-refractivity contribution in [3.8, 4) is 0 Å². The summed E-state index contributed by atoms with van der Waals surface area (Å²) in [5.41, 5.74) is 1.41. The summed E-state index contributed by atoms with van der Waals surface area (Å²) in [5.74, 6) is 1.04. The zero-order chi connectivity index (χ0) is 16.5. The molecule has 0 heteroatoms. The quantitative estimate of drug-likeness (QED) is 0.486. The molecular formula is C22H40. The number of rotatable bonds is 5. The van der Waals surface area contributed by atoms with Crippen LogP contribution >= 0.6 is 0 Å². The maximum atomic E-state index is 2.36. The first-order valence-corrected chi connectivity index (χ1v) is 9.78. The first-order chi connectivity index (χ1) is 10.7. The maximum absolute atomic E-state index is 2.36. The van der Waals surface area contributed by atoms with Gasteiger partial charge < -0.3 is 0 Å². The van der Waals surface area contributed by atoms with Crippen molar-refractivity contribution in [2.75, 3.05) is 0 Å². The lowest BCUT2D eigenvalue weighted by molar-refractivity contribution is 0.385. The molecule has 0 nitrogen and oxygen atoms in total. The van der Waals surface area contributed by atoms with Crippen molar-refractivity contribution >= 4 is 0 Å². The highest BCUT2D eigenvalue weighted by atomic mass is 14.1. The van der Waals surface area contributed by atoms with Gasteiger partial charge in [0, 0.05) is 0 Å². The van der Waals surface area contributed by atoms with E-state index in [1.807, 2.05) is 6.07 Å². The second-order valence-electron chi connectivity index (χ2n) is 6.64. The van der Waals surface area contributed by atoms with E-state index in [0.29, 0.717) is 0 Å². The van der Waals surface area contributed by atoms with Gasteiger partial charge in [0.1, 0.15) is 0 Å². The minimum Gasteiger partial charge on any atom is -0.0654 e. The molecule has 1 aromatic carbocycles. The van der Waals surface area contributed by atoms with Crippen LogP contribution in [0.15, 0.2) is 30.3 Å². The van der Waals surface area contributed by atoms with E-state index in [1.54, 1.807) is 0 Å². The highest BCUT2D eigenvalue weighted by molar-refractivity contribution is 5.13. The number of hydrogen-bond donors (Lipinski definition) is 0. The summed E-state index contributed by atoms with van der Waals surface area (Å²) in [4.78, 5) is 0. The Labute approximate surface area is 140 Å². The fraction of sp³-hybridized carbons (Fsp3) is 0.727. The molecule has 0 radical (unpaired) electrons. The van der Waals surface area contributed by atoms with Gasteiger partial charge in [-0.15, -0.1) is 0 Å². The summed E-state index contributed by atoms with van der Waals surface area (Å²) in [7, 11) is 0. The lowest BCUT2D eigenvalue weighted by Gasteiger charge is -2.15. The van der Waals surface area contributed by atoms with E-state index >= 15 is 0 Å². The van der Waals surface area contributed by atoms with E-state index in [1.165, 1.54) is 69.8 Å². The van der Waals surface area contributed by atoms with Crippen LogP contribution in [0, 0.1) is 5.92 Å². The Morgan fingerprint density at radius 2 is 1.32 bits per heavy atom. The highest BCUT2D eigenvalue weighted by Crippen LogP contribution is 2.22. The van der Waals surface area contributed by atoms with Crippen molar-refractivity contribution in [2.45, 2.75) is 98.3 Å². The second-order valence-corrected chi connectivity index (χ2v) is 6.64. The first-order valence-electron chi connectivity index (χ1n) is 9.78. The summed E-state index contributed by atoms with van der Waals surface area (Å²) >= 11 is 0. The summed E-state index contributed by atoms with van der Waals surface area (Å²) in [6.45, 7) is 9.01. The van der Waals surface area contributed by atoms with Gasteiger partial charge in [-0.3, -0.25) is 0 Å². The predicted molar refractivity (Wildman–Crippen MR) is 103 cm³/mol. The molecule has 0 atom stereocenters. The topological polar surface area (TPSA) is 0 Å². The third-order valence-electron chi connectivity index (χ3n) is 4.35. The van der Waals surface area contributed by atoms with Crippen LogP contribution in [0.3, 0.4) is 0 Å². The van der Waals surface area contributed by atoms with Crippen LogP contribution in [0.4, 0.5) is 0 Å². The monoisotopic (exact) mass is 304 g/mol. The summed E-state index contributed by atoms with van der Waals surface area (Å²) < 4.78 is 0. The zero-order valence-corrected chi connectivity index (χ0v) is 15.7. The third kappa shape index (κ3) is 14.2. The molecular weight excluding hydrogens is 264 g/mol. The Morgan fingerprint density at radius 1 is 0.773 bits per heavy atom. The maximum Gasteiger partial charge on any atom is -0.0307 e. The van der Waals surface area contributed by atoms with E-state index in [-0.39, 0.29) is 0 Å². The van der Waals surface area contributed by atoms with Crippen LogP contribution < -0.4 is 0 Å². The standard InChI is InChI=1S/C8H10.C7H14.C7H16/c1-2-8-6-4-3-5-7-8;1-7-5-3-2-4-6-7;1-3-5-7-6-4-2/h3-7H,2H2,1H3;7H,2-6H2,1H3;3-7H2,1-2H3. The van der Waals surface area contributed by atoms with Crippen LogP contribution in [0.2, 0.25) is 0 Å². The van der Waals surface area contributed by atoms with E-state index < -0.39 is 0 Å². The predicted octanol–water partition coefficient (Wildman–Crippen LogP) is 7.81. The molecule has 128 valence electrons. The minimum absolute atomic E-state index is 1.04. The third-order valence-corrected chi connectivity index (χ3v) is 4.35. The molecule has 0 bridgehead atoms. The molecule has 0 amide bonds. The molecule has 0 aliphatic heterocycles. The summed E-state index contributed by atoms with van der Waals surface area (Å²) in [6, 6.07) is 10.5. The molecule has 2 rings (SSSR count). The van der Waals surface area contributed by atoms with E-state index in [0.717, 1.165) is 12.3 Å². The minimum atomic E-state index is 1.04. The molecule has 0 heterocycles. The van der Waals surface area contributed by atoms with Crippen LogP contribution in [0.1, 0.15) is 97.5 Å². The van der Waals surface area contributed by atoms with Gasteiger partial charge in [-0.2, -0.15) is 0 Å². The van der Waals surface area contributed by atoms with Gasteiger partial charge in [0.15, 0.2) is 0 Å². The van der Waals surface area contributed by atoms with Crippen molar-refractivity contribution in [2.24, 2.45) is 5.92 Å². The number of benzene rings is 1. The van der Waals surface area contributed by atoms with Gasteiger partial charge >= 0.3 is 0 Å². The van der Waals surface area contributed by atoms with Crippen molar-refractivity contribution < 1.29 is 0 Å². The lowest BCUT2D eigenvalue weighted by Crippen LogP contribution is -1.99. The van der Waals surface area contributed by atoms with E-state index in [4.69, 9.17) is 0 Å². The first kappa shape index (κ1) is 21.2. The molecule has 1 aliphatic rings. The molecule has 1 aromatic rings. The van der Waals surface area contributed by atoms with Crippen LogP contribution in [-0.4, -0.2) is 0 Å². The molecule has 1 saturated carbocycles. The largest absolute Gasteiger partial charge is 0.0654 e. The summed E-state index contributed by atoms with van der Waals surface area (Å²) in [6.07, 6.45) is 15.6. The molecule has 0 aromatic heterocycles. The molecule has 0 N–H and O–H groups in total. The molecule has 0 saturated heterocycles. The molecule has 0 unspecified atom stereocenters.